The fourth-order valence-corrected chi connectivity index (χ4v) is 2.05. The minimum absolute atomic E-state index is 0.0174. The van der Waals surface area contributed by atoms with Gasteiger partial charge in [-0.25, -0.2) is 4.98 Å². The van der Waals surface area contributed by atoms with Crippen LogP contribution in [0, 0.1) is 0 Å². The van der Waals surface area contributed by atoms with Crippen LogP contribution in [0.5, 0.6) is 0 Å². The van der Waals surface area contributed by atoms with Gasteiger partial charge in [0.1, 0.15) is 5.15 Å². The molecule has 0 spiro atoms. The predicted octanol–water partition coefficient (Wildman–Crippen LogP) is 2.03. The Balaban J connectivity index is 2.12. The molecule has 2 atom stereocenters. The van der Waals surface area contributed by atoms with Crippen LogP contribution in [0.1, 0.15) is 30.6 Å². The molecular formula is C12H15ClN2O2. The number of ether oxygens (including phenoxy) is 1. The van der Waals surface area contributed by atoms with Crippen LogP contribution in [0.3, 0.4) is 0 Å². The van der Waals surface area contributed by atoms with Gasteiger partial charge >= 0.3 is 0 Å². The predicted molar refractivity (Wildman–Crippen MR) is 65.1 cm³/mol. The number of aromatic nitrogens is 1. The summed E-state index contributed by atoms with van der Waals surface area (Å²) in [7, 11) is 0. The van der Waals surface area contributed by atoms with Crippen molar-refractivity contribution in [2.45, 2.75) is 31.9 Å². The number of hydrogen-bond donors (Lipinski definition) is 1. The van der Waals surface area contributed by atoms with E-state index in [1.165, 1.54) is 6.20 Å². The van der Waals surface area contributed by atoms with E-state index in [1.54, 1.807) is 12.1 Å². The summed E-state index contributed by atoms with van der Waals surface area (Å²) >= 11 is 5.75. The lowest BCUT2D eigenvalue weighted by Crippen LogP contribution is -2.50. The van der Waals surface area contributed by atoms with Crippen molar-refractivity contribution in [2.24, 2.45) is 0 Å². The highest BCUT2D eigenvalue weighted by Crippen LogP contribution is 2.25. The summed E-state index contributed by atoms with van der Waals surface area (Å²) in [6, 6.07) is 3.20. The molecule has 4 nitrogen and oxygen atoms in total. The molecule has 1 aliphatic heterocycles. The van der Waals surface area contributed by atoms with E-state index in [9.17, 15) is 4.79 Å². The first-order chi connectivity index (χ1) is 8.01. The topological polar surface area (TPSA) is 51.2 Å². The fraction of sp³-hybridized carbons (Fsp3) is 0.500. The molecule has 5 heteroatoms. The summed E-state index contributed by atoms with van der Waals surface area (Å²) in [6.07, 6.45) is 2.36. The molecule has 1 N–H and O–H groups in total. The molecule has 1 aromatic heterocycles. The van der Waals surface area contributed by atoms with Crippen LogP contribution in [0.15, 0.2) is 18.3 Å². The van der Waals surface area contributed by atoms with Crippen molar-refractivity contribution in [2.75, 3.05) is 6.61 Å². The quantitative estimate of drug-likeness (QED) is 0.822. The Kier molecular flexibility index (Phi) is 3.35. The van der Waals surface area contributed by atoms with Gasteiger partial charge in [0.25, 0.3) is 5.91 Å². The molecule has 1 fully saturated rings. The summed E-state index contributed by atoms with van der Waals surface area (Å²) in [4.78, 5) is 15.9. The Morgan fingerprint density at radius 1 is 1.71 bits per heavy atom. The number of amides is 1. The smallest absolute Gasteiger partial charge is 0.251 e. The van der Waals surface area contributed by atoms with Crippen LogP contribution in [0.25, 0.3) is 0 Å². The number of pyridine rings is 1. The third-order valence-corrected chi connectivity index (χ3v) is 3.48. The number of rotatable bonds is 2. The number of carbonyl (C=O) groups is 1. The minimum atomic E-state index is -0.313. The average Bonchev–Trinajstić information content (AvgIpc) is 2.59. The van der Waals surface area contributed by atoms with Crippen molar-refractivity contribution in [1.29, 1.82) is 0 Å². The van der Waals surface area contributed by atoms with Crippen LogP contribution < -0.4 is 5.32 Å². The number of halogens is 1. The number of nitrogens with one attached hydrogen (secondary N) is 1. The van der Waals surface area contributed by atoms with E-state index in [0.717, 1.165) is 6.42 Å². The molecule has 2 rings (SSSR count). The Morgan fingerprint density at radius 3 is 3.06 bits per heavy atom. The van der Waals surface area contributed by atoms with Gasteiger partial charge in [-0.05, 0) is 32.4 Å². The standard InChI is InChI=1S/C12H15ClN2O2/c1-8-12(2,4-6-17-8)15-11(16)9-3-5-14-10(13)7-9/h3,5,7-8H,4,6H2,1-2H3,(H,15,16). The molecule has 2 unspecified atom stereocenters. The van der Waals surface area contributed by atoms with E-state index >= 15 is 0 Å². The minimum Gasteiger partial charge on any atom is -0.376 e. The van der Waals surface area contributed by atoms with Crippen LogP contribution in [-0.4, -0.2) is 29.1 Å². The van der Waals surface area contributed by atoms with Crippen molar-refractivity contribution >= 4 is 17.5 Å². The Morgan fingerprint density at radius 2 is 2.47 bits per heavy atom. The zero-order valence-corrected chi connectivity index (χ0v) is 10.6. The van der Waals surface area contributed by atoms with Gasteiger partial charge < -0.3 is 10.1 Å². The van der Waals surface area contributed by atoms with Gasteiger partial charge in [-0.1, -0.05) is 11.6 Å². The van der Waals surface area contributed by atoms with Gasteiger partial charge in [0, 0.05) is 18.4 Å². The summed E-state index contributed by atoms with van der Waals surface area (Å²) < 4.78 is 5.48. The number of nitrogens with zero attached hydrogens (tertiary/aromatic N) is 1. The fourth-order valence-electron chi connectivity index (χ4n) is 1.87. The third kappa shape index (κ3) is 2.58. The van der Waals surface area contributed by atoms with Gasteiger partial charge in [-0.2, -0.15) is 0 Å². The molecule has 17 heavy (non-hydrogen) atoms. The highest BCUT2D eigenvalue weighted by Gasteiger charge is 2.38. The zero-order valence-electron chi connectivity index (χ0n) is 9.87. The van der Waals surface area contributed by atoms with E-state index in [-0.39, 0.29) is 17.6 Å². The first-order valence-electron chi connectivity index (χ1n) is 5.57. The van der Waals surface area contributed by atoms with Gasteiger partial charge in [0.05, 0.1) is 11.6 Å². The van der Waals surface area contributed by atoms with Crippen molar-refractivity contribution < 1.29 is 9.53 Å². The lowest BCUT2D eigenvalue weighted by molar-refractivity contribution is 0.0727. The molecule has 1 aliphatic rings. The van der Waals surface area contributed by atoms with E-state index in [4.69, 9.17) is 16.3 Å². The molecule has 2 heterocycles. The second-order valence-electron chi connectivity index (χ2n) is 4.50. The maximum Gasteiger partial charge on any atom is 0.251 e. The highest BCUT2D eigenvalue weighted by atomic mass is 35.5. The summed E-state index contributed by atoms with van der Waals surface area (Å²) in [5.41, 5.74) is 0.206. The monoisotopic (exact) mass is 254 g/mol. The molecule has 92 valence electrons. The number of carbonyl (C=O) groups excluding carboxylic acids is 1. The van der Waals surface area contributed by atoms with E-state index in [1.807, 2.05) is 13.8 Å². The molecule has 0 radical (unpaired) electrons. The van der Waals surface area contributed by atoms with Crippen LogP contribution in [-0.2, 0) is 4.74 Å². The summed E-state index contributed by atoms with van der Waals surface area (Å²) in [5.74, 6) is -0.144. The lowest BCUT2D eigenvalue weighted by atomic mass is 9.94. The molecular weight excluding hydrogens is 240 g/mol. The van der Waals surface area contributed by atoms with Gasteiger partial charge in [0.15, 0.2) is 0 Å². The van der Waals surface area contributed by atoms with Crippen molar-refractivity contribution in [3.63, 3.8) is 0 Å². The van der Waals surface area contributed by atoms with Crippen LogP contribution in [0.2, 0.25) is 5.15 Å². The van der Waals surface area contributed by atoms with E-state index < -0.39 is 0 Å². The van der Waals surface area contributed by atoms with Crippen LogP contribution >= 0.6 is 11.6 Å². The zero-order chi connectivity index (χ0) is 12.5. The third-order valence-electron chi connectivity index (χ3n) is 3.27. The molecule has 1 amide bonds. The van der Waals surface area contributed by atoms with Gasteiger partial charge in [-0.3, -0.25) is 4.79 Å². The first kappa shape index (κ1) is 12.3. The van der Waals surface area contributed by atoms with Gasteiger partial charge in [0.2, 0.25) is 0 Å². The molecule has 0 saturated carbocycles. The molecule has 1 saturated heterocycles. The molecule has 0 aromatic carbocycles. The SMILES string of the molecule is CC1OCCC1(C)NC(=O)c1ccnc(Cl)c1. The van der Waals surface area contributed by atoms with E-state index in [2.05, 4.69) is 10.3 Å². The molecule has 0 bridgehead atoms. The van der Waals surface area contributed by atoms with Crippen molar-refractivity contribution in [1.82, 2.24) is 10.3 Å². The van der Waals surface area contributed by atoms with Gasteiger partial charge in [-0.15, -0.1) is 0 Å². The summed E-state index contributed by atoms with van der Waals surface area (Å²) in [6.45, 7) is 4.63. The largest absolute Gasteiger partial charge is 0.376 e. The first-order valence-corrected chi connectivity index (χ1v) is 5.95. The second-order valence-corrected chi connectivity index (χ2v) is 4.89. The van der Waals surface area contributed by atoms with Crippen molar-refractivity contribution in [3.05, 3.63) is 29.0 Å². The maximum absolute atomic E-state index is 12.1. The number of hydrogen-bond acceptors (Lipinski definition) is 3. The maximum atomic E-state index is 12.1. The Hall–Kier alpha value is -1.13. The van der Waals surface area contributed by atoms with E-state index in [0.29, 0.717) is 17.3 Å². The average molecular weight is 255 g/mol. The van der Waals surface area contributed by atoms with Crippen molar-refractivity contribution in [3.8, 4) is 0 Å². The normalized spacial score (nSPS) is 28.1. The highest BCUT2D eigenvalue weighted by molar-refractivity contribution is 6.29. The second kappa shape index (κ2) is 4.63. The lowest BCUT2D eigenvalue weighted by Gasteiger charge is -2.28. The molecule has 0 aliphatic carbocycles. The molecule has 1 aromatic rings. The summed E-state index contributed by atoms with van der Waals surface area (Å²) in [5, 5.41) is 3.32. The Labute approximate surface area is 105 Å². The van der Waals surface area contributed by atoms with Crippen LogP contribution in [0.4, 0.5) is 0 Å². The Bertz CT molecular complexity index is 438.